The molecule has 5 heteroatoms. The molecule has 0 saturated heterocycles. The van der Waals surface area contributed by atoms with E-state index in [1.54, 1.807) is 24.5 Å². The molecule has 0 spiro atoms. The van der Waals surface area contributed by atoms with Crippen LogP contribution in [0.1, 0.15) is 5.56 Å². The largest absolute Gasteiger partial charge is 0.395 e. The molecule has 0 saturated carbocycles. The Labute approximate surface area is 96.9 Å². The van der Waals surface area contributed by atoms with E-state index in [2.05, 4.69) is 9.97 Å². The van der Waals surface area contributed by atoms with Gasteiger partial charge in [0.15, 0.2) is 5.16 Å². The fourth-order valence-electron chi connectivity index (χ4n) is 1.14. The first kappa shape index (κ1) is 10.9. The molecular formula is C11H10FN3S. The number of nitrogens with zero attached hydrogens (tertiary/aromatic N) is 2. The number of nitrogens with two attached hydrogens (primary N) is 1. The van der Waals surface area contributed by atoms with Gasteiger partial charge in [0, 0.05) is 17.3 Å². The molecule has 0 bridgehead atoms. The maximum Gasteiger partial charge on any atom is 0.192 e. The van der Waals surface area contributed by atoms with Crippen LogP contribution in [0.25, 0.3) is 0 Å². The van der Waals surface area contributed by atoms with E-state index in [4.69, 9.17) is 5.73 Å². The van der Waals surface area contributed by atoms with E-state index in [9.17, 15) is 4.39 Å². The van der Waals surface area contributed by atoms with Gasteiger partial charge in [0.1, 0.15) is 5.82 Å². The van der Waals surface area contributed by atoms with E-state index in [0.717, 1.165) is 5.56 Å². The van der Waals surface area contributed by atoms with E-state index in [0.29, 0.717) is 10.1 Å². The van der Waals surface area contributed by atoms with Crippen LogP contribution in [0.4, 0.5) is 10.1 Å². The van der Waals surface area contributed by atoms with Gasteiger partial charge in [0.05, 0.1) is 5.69 Å². The van der Waals surface area contributed by atoms with Crippen molar-refractivity contribution in [1.29, 1.82) is 0 Å². The highest BCUT2D eigenvalue weighted by molar-refractivity contribution is 7.99. The molecule has 0 aliphatic carbocycles. The summed E-state index contributed by atoms with van der Waals surface area (Å²) in [5, 5.41) is 0.558. The van der Waals surface area contributed by atoms with E-state index < -0.39 is 5.82 Å². The van der Waals surface area contributed by atoms with Crippen molar-refractivity contribution >= 4 is 17.4 Å². The Balaban J connectivity index is 2.27. The second-order valence-electron chi connectivity index (χ2n) is 3.30. The van der Waals surface area contributed by atoms with Crippen LogP contribution >= 0.6 is 11.8 Å². The van der Waals surface area contributed by atoms with Crippen LogP contribution in [0, 0.1) is 12.7 Å². The number of anilines is 1. The van der Waals surface area contributed by atoms with Gasteiger partial charge < -0.3 is 5.73 Å². The molecule has 16 heavy (non-hydrogen) atoms. The molecule has 0 amide bonds. The summed E-state index contributed by atoms with van der Waals surface area (Å²) < 4.78 is 13.2. The summed E-state index contributed by atoms with van der Waals surface area (Å²) in [6.07, 6.45) is 3.43. The summed E-state index contributed by atoms with van der Waals surface area (Å²) >= 11 is 1.25. The van der Waals surface area contributed by atoms with Gasteiger partial charge in [-0.2, -0.15) is 0 Å². The minimum absolute atomic E-state index is 0.136. The van der Waals surface area contributed by atoms with Gasteiger partial charge in [-0.3, -0.25) is 0 Å². The molecule has 3 nitrogen and oxygen atoms in total. The lowest BCUT2D eigenvalue weighted by Gasteiger charge is -2.04. The number of aryl methyl sites for hydroxylation is 1. The summed E-state index contributed by atoms with van der Waals surface area (Å²) in [5.41, 5.74) is 6.73. The molecule has 0 atom stereocenters. The topological polar surface area (TPSA) is 51.8 Å². The molecule has 0 radical (unpaired) electrons. The zero-order valence-electron chi connectivity index (χ0n) is 8.64. The Morgan fingerprint density at radius 1 is 1.25 bits per heavy atom. The highest BCUT2D eigenvalue weighted by atomic mass is 32.2. The van der Waals surface area contributed by atoms with E-state index in [1.165, 1.54) is 17.8 Å². The molecule has 0 unspecified atom stereocenters. The summed E-state index contributed by atoms with van der Waals surface area (Å²) in [6.45, 7) is 1.91. The fraction of sp³-hybridized carbons (Fsp3) is 0.0909. The average molecular weight is 235 g/mol. The number of hydrogen-bond donors (Lipinski definition) is 1. The Morgan fingerprint density at radius 2 is 1.94 bits per heavy atom. The molecule has 82 valence electrons. The van der Waals surface area contributed by atoms with Crippen LogP contribution in [0.3, 0.4) is 0 Å². The van der Waals surface area contributed by atoms with Gasteiger partial charge in [0.25, 0.3) is 0 Å². The van der Waals surface area contributed by atoms with Crippen LogP contribution in [-0.4, -0.2) is 9.97 Å². The minimum atomic E-state index is -0.419. The van der Waals surface area contributed by atoms with Crippen LogP contribution in [-0.2, 0) is 0 Å². The van der Waals surface area contributed by atoms with Crippen molar-refractivity contribution in [3.8, 4) is 0 Å². The lowest BCUT2D eigenvalue weighted by Crippen LogP contribution is -1.94. The molecule has 2 aromatic rings. The third-order valence-corrected chi connectivity index (χ3v) is 2.94. The SMILES string of the molecule is Cc1cnc(Sc2cccc(F)c2N)nc1. The summed E-state index contributed by atoms with van der Waals surface area (Å²) in [7, 11) is 0. The van der Waals surface area contributed by atoms with Crippen molar-refractivity contribution in [1.82, 2.24) is 9.97 Å². The van der Waals surface area contributed by atoms with E-state index in [1.807, 2.05) is 6.92 Å². The van der Waals surface area contributed by atoms with Crippen molar-refractivity contribution in [3.63, 3.8) is 0 Å². The Hall–Kier alpha value is -1.62. The molecule has 0 fully saturated rings. The number of aromatic nitrogens is 2. The minimum Gasteiger partial charge on any atom is -0.395 e. The second-order valence-corrected chi connectivity index (χ2v) is 4.31. The zero-order chi connectivity index (χ0) is 11.5. The second kappa shape index (κ2) is 4.49. The molecule has 0 aliphatic heterocycles. The third-order valence-electron chi connectivity index (χ3n) is 1.97. The van der Waals surface area contributed by atoms with Gasteiger partial charge in [-0.1, -0.05) is 6.07 Å². The highest BCUT2D eigenvalue weighted by Crippen LogP contribution is 2.30. The Bertz CT molecular complexity index is 499. The first-order valence-electron chi connectivity index (χ1n) is 4.67. The van der Waals surface area contributed by atoms with Crippen molar-refractivity contribution in [2.45, 2.75) is 17.0 Å². The van der Waals surface area contributed by atoms with Gasteiger partial charge in [-0.05, 0) is 36.4 Å². The first-order valence-corrected chi connectivity index (χ1v) is 5.49. The van der Waals surface area contributed by atoms with Crippen molar-refractivity contribution in [3.05, 3.63) is 42.0 Å². The predicted octanol–water partition coefficient (Wildman–Crippen LogP) is 2.66. The van der Waals surface area contributed by atoms with Crippen LogP contribution in [0.15, 0.2) is 40.6 Å². The maximum absolute atomic E-state index is 13.2. The first-order chi connectivity index (χ1) is 7.66. The van der Waals surface area contributed by atoms with Crippen LogP contribution in [0.5, 0.6) is 0 Å². The normalized spacial score (nSPS) is 10.4. The van der Waals surface area contributed by atoms with Crippen LogP contribution in [0.2, 0.25) is 0 Å². The monoisotopic (exact) mass is 235 g/mol. The molecule has 1 heterocycles. The van der Waals surface area contributed by atoms with Crippen molar-refractivity contribution < 1.29 is 4.39 Å². The summed E-state index contributed by atoms with van der Waals surface area (Å²) in [4.78, 5) is 8.86. The van der Waals surface area contributed by atoms with Gasteiger partial charge >= 0.3 is 0 Å². The standard InChI is InChI=1S/C11H10FN3S/c1-7-5-14-11(15-6-7)16-9-4-2-3-8(12)10(9)13/h2-6H,13H2,1H3. The molecule has 2 N–H and O–H groups in total. The van der Waals surface area contributed by atoms with Gasteiger partial charge in [0.2, 0.25) is 0 Å². The number of nitrogen functional groups attached to an aromatic ring is 1. The van der Waals surface area contributed by atoms with Crippen molar-refractivity contribution in [2.75, 3.05) is 5.73 Å². The van der Waals surface area contributed by atoms with Crippen molar-refractivity contribution in [2.24, 2.45) is 0 Å². The van der Waals surface area contributed by atoms with Gasteiger partial charge in [-0.25, -0.2) is 14.4 Å². The highest BCUT2D eigenvalue weighted by Gasteiger charge is 2.07. The lowest BCUT2D eigenvalue weighted by atomic mass is 10.3. The predicted molar refractivity (Wildman–Crippen MR) is 61.7 cm³/mol. The smallest absolute Gasteiger partial charge is 0.192 e. The molecule has 1 aromatic heterocycles. The quantitative estimate of drug-likeness (QED) is 0.642. The lowest BCUT2D eigenvalue weighted by molar-refractivity contribution is 0.629. The van der Waals surface area contributed by atoms with Gasteiger partial charge in [-0.15, -0.1) is 0 Å². The zero-order valence-corrected chi connectivity index (χ0v) is 9.46. The number of para-hydroxylation sites is 1. The number of halogens is 1. The molecule has 0 aliphatic rings. The fourth-order valence-corrected chi connectivity index (χ4v) is 1.90. The van der Waals surface area contributed by atoms with E-state index >= 15 is 0 Å². The molecular weight excluding hydrogens is 225 g/mol. The number of benzene rings is 1. The maximum atomic E-state index is 13.2. The van der Waals surface area contributed by atoms with Crippen LogP contribution < -0.4 is 5.73 Å². The molecule has 1 aromatic carbocycles. The number of rotatable bonds is 2. The summed E-state index contributed by atoms with van der Waals surface area (Å²) in [5.74, 6) is -0.419. The Morgan fingerprint density at radius 3 is 2.62 bits per heavy atom. The number of hydrogen-bond acceptors (Lipinski definition) is 4. The summed E-state index contributed by atoms with van der Waals surface area (Å²) in [6, 6.07) is 4.68. The average Bonchev–Trinajstić information content (AvgIpc) is 2.28. The Kier molecular flexibility index (Phi) is 3.05. The third kappa shape index (κ3) is 2.30. The van der Waals surface area contributed by atoms with E-state index in [-0.39, 0.29) is 5.69 Å². The molecule has 2 rings (SSSR count).